The zero-order chi connectivity index (χ0) is 13.3. The Kier molecular flexibility index (Phi) is 3.71. The molecular formula is C15H21NO2. The van der Waals surface area contributed by atoms with Gasteiger partial charge in [0, 0.05) is 12.7 Å². The molecule has 0 bridgehead atoms. The summed E-state index contributed by atoms with van der Waals surface area (Å²) in [5.41, 5.74) is 2.98. The minimum atomic E-state index is -0.418. The molecule has 1 heterocycles. The summed E-state index contributed by atoms with van der Waals surface area (Å²) in [5.74, 6) is 0.119. The first-order chi connectivity index (χ1) is 8.60. The van der Waals surface area contributed by atoms with Gasteiger partial charge in [-0.25, -0.2) is 0 Å². The average Bonchev–Trinajstić information content (AvgIpc) is 2.61. The summed E-state index contributed by atoms with van der Waals surface area (Å²) < 4.78 is 0. The van der Waals surface area contributed by atoms with E-state index in [4.69, 9.17) is 0 Å². The molecule has 0 spiro atoms. The lowest BCUT2D eigenvalue weighted by atomic mass is 9.94. The summed E-state index contributed by atoms with van der Waals surface area (Å²) in [6, 6.07) is 5.89. The van der Waals surface area contributed by atoms with E-state index >= 15 is 0 Å². The second-order valence-corrected chi connectivity index (χ2v) is 4.98. The van der Waals surface area contributed by atoms with Gasteiger partial charge < -0.3 is 10.0 Å². The van der Waals surface area contributed by atoms with Crippen LogP contribution in [0.25, 0.3) is 0 Å². The molecule has 0 aromatic heterocycles. The van der Waals surface area contributed by atoms with E-state index in [0.29, 0.717) is 0 Å². The van der Waals surface area contributed by atoms with Crippen LogP contribution < -0.4 is 4.90 Å². The number of anilines is 1. The highest BCUT2D eigenvalue weighted by Crippen LogP contribution is 2.39. The van der Waals surface area contributed by atoms with Gasteiger partial charge in [0.25, 0.3) is 0 Å². The van der Waals surface area contributed by atoms with Crippen LogP contribution in [0, 0.1) is 0 Å². The number of rotatable bonds is 4. The van der Waals surface area contributed by atoms with Crippen molar-refractivity contribution < 1.29 is 9.90 Å². The Balaban J connectivity index is 2.38. The molecule has 0 saturated carbocycles. The number of carbonyl (C=O) groups is 1. The molecule has 1 amide bonds. The van der Waals surface area contributed by atoms with Crippen LogP contribution in [0.5, 0.6) is 0 Å². The van der Waals surface area contributed by atoms with Gasteiger partial charge in [-0.05, 0) is 30.0 Å². The van der Waals surface area contributed by atoms with Gasteiger partial charge in [-0.3, -0.25) is 4.79 Å². The number of amides is 1. The van der Waals surface area contributed by atoms with Gasteiger partial charge >= 0.3 is 0 Å². The standard InChI is InChI=1S/C15H21NO2/c1-4-6-14(17)10-7-8-13-12(9-10)11(5-2)15(18)16(13)3/h7-9,11,14,17H,4-6H2,1-3H3. The topological polar surface area (TPSA) is 40.5 Å². The predicted octanol–water partition coefficient (Wildman–Crippen LogP) is 2.99. The fraction of sp³-hybridized carbons (Fsp3) is 0.533. The quantitative estimate of drug-likeness (QED) is 0.888. The first-order valence-electron chi connectivity index (χ1n) is 6.69. The smallest absolute Gasteiger partial charge is 0.234 e. The lowest BCUT2D eigenvalue weighted by Gasteiger charge is -2.13. The fourth-order valence-electron chi connectivity index (χ4n) is 2.68. The summed E-state index contributed by atoms with van der Waals surface area (Å²) in [4.78, 5) is 13.8. The minimum Gasteiger partial charge on any atom is -0.388 e. The van der Waals surface area contributed by atoms with Gasteiger partial charge in [0.15, 0.2) is 0 Å². The van der Waals surface area contributed by atoms with Crippen LogP contribution in [0.4, 0.5) is 5.69 Å². The van der Waals surface area contributed by atoms with E-state index in [2.05, 4.69) is 6.92 Å². The SMILES string of the molecule is CCCC(O)c1ccc2c(c1)C(CC)C(=O)N2C. The van der Waals surface area contributed by atoms with Gasteiger partial charge in [-0.1, -0.05) is 32.4 Å². The maximum atomic E-state index is 12.1. The average molecular weight is 247 g/mol. The molecule has 1 aromatic rings. The van der Waals surface area contributed by atoms with Crippen molar-refractivity contribution in [1.82, 2.24) is 0 Å². The lowest BCUT2D eigenvalue weighted by molar-refractivity contribution is -0.119. The fourth-order valence-corrected chi connectivity index (χ4v) is 2.68. The molecule has 1 aromatic carbocycles. The van der Waals surface area contributed by atoms with E-state index < -0.39 is 6.10 Å². The molecule has 3 heteroatoms. The van der Waals surface area contributed by atoms with Crippen molar-refractivity contribution in [2.24, 2.45) is 0 Å². The van der Waals surface area contributed by atoms with E-state index in [9.17, 15) is 9.90 Å². The molecule has 0 radical (unpaired) electrons. The third-order valence-corrected chi connectivity index (χ3v) is 3.77. The molecular weight excluding hydrogens is 226 g/mol. The van der Waals surface area contributed by atoms with Crippen molar-refractivity contribution in [3.8, 4) is 0 Å². The van der Waals surface area contributed by atoms with Crippen LogP contribution in [-0.4, -0.2) is 18.1 Å². The summed E-state index contributed by atoms with van der Waals surface area (Å²) in [7, 11) is 1.82. The minimum absolute atomic E-state index is 0.0428. The summed E-state index contributed by atoms with van der Waals surface area (Å²) >= 11 is 0. The number of carbonyl (C=O) groups excluding carboxylic acids is 1. The zero-order valence-corrected chi connectivity index (χ0v) is 11.3. The van der Waals surface area contributed by atoms with Gasteiger partial charge in [-0.15, -0.1) is 0 Å². The molecule has 0 saturated heterocycles. The maximum absolute atomic E-state index is 12.1. The van der Waals surface area contributed by atoms with Crippen LogP contribution in [0.15, 0.2) is 18.2 Å². The Bertz CT molecular complexity index is 456. The Labute approximate surface area is 108 Å². The molecule has 1 aliphatic rings. The number of likely N-dealkylation sites (N-methyl/N-ethyl adjacent to an activating group) is 1. The number of hydrogen-bond acceptors (Lipinski definition) is 2. The third kappa shape index (κ3) is 2.03. The van der Waals surface area contributed by atoms with Crippen molar-refractivity contribution in [3.63, 3.8) is 0 Å². The Morgan fingerprint density at radius 3 is 2.72 bits per heavy atom. The van der Waals surface area contributed by atoms with E-state index in [-0.39, 0.29) is 11.8 Å². The summed E-state index contributed by atoms with van der Waals surface area (Å²) in [5, 5.41) is 10.0. The van der Waals surface area contributed by atoms with Gasteiger partial charge in [0.05, 0.1) is 12.0 Å². The highest BCUT2D eigenvalue weighted by atomic mass is 16.3. The largest absolute Gasteiger partial charge is 0.388 e. The predicted molar refractivity (Wildman–Crippen MR) is 72.8 cm³/mol. The second-order valence-electron chi connectivity index (χ2n) is 4.98. The number of aliphatic hydroxyl groups excluding tert-OH is 1. The monoisotopic (exact) mass is 247 g/mol. The second kappa shape index (κ2) is 5.11. The molecule has 0 fully saturated rings. The van der Waals surface area contributed by atoms with Crippen LogP contribution in [0.2, 0.25) is 0 Å². The zero-order valence-electron chi connectivity index (χ0n) is 11.3. The first-order valence-corrected chi connectivity index (χ1v) is 6.69. The Hall–Kier alpha value is -1.35. The molecule has 1 N–H and O–H groups in total. The van der Waals surface area contributed by atoms with Gasteiger partial charge in [-0.2, -0.15) is 0 Å². The van der Waals surface area contributed by atoms with Crippen molar-refractivity contribution >= 4 is 11.6 Å². The molecule has 2 unspecified atom stereocenters. The Morgan fingerprint density at radius 2 is 2.11 bits per heavy atom. The van der Waals surface area contributed by atoms with Crippen LogP contribution >= 0.6 is 0 Å². The number of aliphatic hydroxyl groups is 1. The molecule has 1 aliphatic heterocycles. The van der Waals surface area contributed by atoms with Crippen LogP contribution in [-0.2, 0) is 4.79 Å². The molecule has 0 aliphatic carbocycles. The van der Waals surface area contributed by atoms with E-state index in [1.54, 1.807) is 4.90 Å². The summed E-state index contributed by atoms with van der Waals surface area (Å²) in [6.45, 7) is 4.09. The van der Waals surface area contributed by atoms with E-state index in [1.165, 1.54) is 0 Å². The van der Waals surface area contributed by atoms with Crippen molar-refractivity contribution in [3.05, 3.63) is 29.3 Å². The number of fused-ring (bicyclic) bond motifs is 1. The van der Waals surface area contributed by atoms with Crippen LogP contribution in [0.3, 0.4) is 0 Å². The summed E-state index contributed by atoms with van der Waals surface area (Å²) in [6.07, 6.45) is 2.11. The van der Waals surface area contributed by atoms with Gasteiger partial charge in [0.1, 0.15) is 0 Å². The molecule has 2 atom stereocenters. The lowest BCUT2D eigenvalue weighted by Crippen LogP contribution is -2.23. The number of hydrogen-bond donors (Lipinski definition) is 1. The highest BCUT2D eigenvalue weighted by molar-refractivity contribution is 6.04. The van der Waals surface area contributed by atoms with Crippen molar-refractivity contribution in [2.45, 2.75) is 45.1 Å². The Morgan fingerprint density at radius 1 is 1.39 bits per heavy atom. The normalized spacial score (nSPS) is 20.1. The molecule has 2 rings (SSSR count). The number of nitrogens with zero attached hydrogens (tertiary/aromatic N) is 1. The molecule has 18 heavy (non-hydrogen) atoms. The molecule has 98 valence electrons. The number of benzene rings is 1. The van der Waals surface area contributed by atoms with E-state index in [1.807, 2.05) is 32.2 Å². The van der Waals surface area contributed by atoms with Crippen LogP contribution in [0.1, 0.15) is 56.3 Å². The highest BCUT2D eigenvalue weighted by Gasteiger charge is 2.34. The van der Waals surface area contributed by atoms with Crippen molar-refractivity contribution in [2.75, 3.05) is 11.9 Å². The first kappa shape index (κ1) is 13.1. The molecule has 3 nitrogen and oxygen atoms in total. The third-order valence-electron chi connectivity index (χ3n) is 3.77. The van der Waals surface area contributed by atoms with Gasteiger partial charge in [0.2, 0.25) is 5.91 Å². The van der Waals surface area contributed by atoms with Crippen molar-refractivity contribution in [1.29, 1.82) is 0 Å². The maximum Gasteiger partial charge on any atom is 0.234 e. The van der Waals surface area contributed by atoms with E-state index in [0.717, 1.165) is 36.1 Å².